The molecule has 92 valence electrons. The zero-order chi connectivity index (χ0) is 13.0. The van der Waals surface area contributed by atoms with Crippen molar-refractivity contribution in [3.8, 4) is 0 Å². The maximum absolute atomic E-state index is 10.1. The van der Waals surface area contributed by atoms with Crippen LogP contribution in [0.4, 0.5) is 0 Å². The van der Waals surface area contributed by atoms with Crippen molar-refractivity contribution >= 4 is 22.8 Å². The fourth-order valence-electron chi connectivity index (χ4n) is 0. The number of hydrogen-bond acceptors (Lipinski definition) is 4. The predicted molar refractivity (Wildman–Crippen MR) is 61.8 cm³/mol. The van der Waals surface area contributed by atoms with Crippen molar-refractivity contribution in [2.24, 2.45) is 0 Å². The van der Waals surface area contributed by atoms with E-state index in [-0.39, 0.29) is 11.7 Å². The molecular formula is C9H21NO4S. The predicted octanol–water partition coefficient (Wildman–Crippen LogP) is 0.616. The van der Waals surface area contributed by atoms with Gasteiger partial charge >= 0.3 is 0 Å². The molecule has 1 unspecified atom stereocenters. The van der Waals surface area contributed by atoms with Gasteiger partial charge < -0.3 is 9.69 Å². The Labute approximate surface area is 94.5 Å². The first-order valence-corrected chi connectivity index (χ1v) is 5.66. The van der Waals surface area contributed by atoms with E-state index in [4.69, 9.17) is 0 Å². The molecule has 0 bridgehead atoms. The van der Waals surface area contributed by atoms with E-state index in [2.05, 4.69) is 4.18 Å². The summed E-state index contributed by atoms with van der Waals surface area (Å²) in [5.41, 5.74) is 0. The molecule has 6 heteroatoms. The number of nitrogens with zero attached hydrogens (tertiary/aromatic N) is 1. The maximum atomic E-state index is 10.1. The van der Waals surface area contributed by atoms with Crippen LogP contribution in [-0.4, -0.2) is 48.3 Å². The second kappa shape index (κ2) is 13.2. The highest BCUT2D eigenvalue weighted by molar-refractivity contribution is 7.79. The molecule has 0 aromatic rings. The minimum Gasteiger partial charge on any atom is -0.349 e. The normalized spacial score (nSPS) is 9.80. The highest BCUT2D eigenvalue weighted by Crippen LogP contribution is 1.69. The van der Waals surface area contributed by atoms with E-state index in [1.165, 1.54) is 39.0 Å². The fraction of sp³-hybridized carbons (Fsp3) is 0.778. The van der Waals surface area contributed by atoms with Gasteiger partial charge in [0.25, 0.3) is 0 Å². The van der Waals surface area contributed by atoms with Crippen molar-refractivity contribution in [2.75, 3.05) is 27.5 Å². The van der Waals surface area contributed by atoms with Gasteiger partial charge in [-0.3, -0.25) is 8.98 Å². The van der Waals surface area contributed by atoms with Crippen molar-refractivity contribution in [1.82, 2.24) is 4.90 Å². The summed E-state index contributed by atoms with van der Waals surface area (Å²) in [7, 11) is 4.85. The molecule has 0 aromatic carbocycles. The van der Waals surface area contributed by atoms with Gasteiger partial charge in [0, 0.05) is 27.3 Å². The molecule has 0 N–H and O–H groups in total. The Morgan fingerprint density at radius 1 is 1.13 bits per heavy atom. The lowest BCUT2D eigenvalue weighted by atomic mass is 10.6. The largest absolute Gasteiger partial charge is 0.349 e. The van der Waals surface area contributed by atoms with Gasteiger partial charge in [0.1, 0.15) is 5.78 Å². The number of ketones is 1. The highest BCUT2D eigenvalue weighted by Gasteiger charge is 1.87. The molecule has 1 atom stereocenters. The Morgan fingerprint density at radius 2 is 1.27 bits per heavy atom. The van der Waals surface area contributed by atoms with Gasteiger partial charge in [-0.15, -0.1) is 0 Å². The van der Waals surface area contributed by atoms with Crippen LogP contribution in [0.1, 0.15) is 20.8 Å². The fourth-order valence-corrected chi connectivity index (χ4v) is 0. The van der Waals surface area contributed by atoms with E-state index in [1.54, 1.807) is 14.1 Å². The Kier molecular flexibility index (Phi) is 17.5. The average molecular weight is 239 g/mol. The summed E-state index contributed by atoms with van der Waals surface area (Å²) in [5.74, 6) is 0.259. The number of carbonyl (C=O) groups is 2. The summed E-state index contributed by atoms with van der Waals surface area (Å²) in [5, 5.41) is 0. The van der Waals surface area contributed by atoms with Crippen molar-refractivity contribution in [3.63, 3.8) is 0 Å². The second-order valence-electron chi connectivity index (χ2n) is 2.89. The number of carbonyl (C=O) groups excluding carboxylic acids is 2. The van der Waals surface area contributed by atoms with E-state index >= 15 is 0 Å². The third-order valence-corrected chi connectivity index (χ3v) is 1.33. The molecule has 0 aromatic heterocycles. The number of hydrogen-bond donors (Lipinski definition) is 0. The third kappa shape index (κ3) is 60.8. The van der Waals surface area contributed by atoms with E-state index < -0.39 is 11.1 Å². The average Bonchev–Trinajstić information content (AvgIpc) is 2.04. The molecule has 0 heterocycles. The summed E-state index contributed by atoms with van der Waals surface area (Å²) in [6.45, 7) is 4.58. The van der Waals surface area contributed by atoms with Gasteiger partial charge in [-0.1, -0.05) is 0 Å². The number of amides is 1. The summed E-state index contributed by atoms with van der Waals surface area (Å²) in [6, 6.07) is 0. The quantitative estimate of drug-likeness (QED) is 0.673. The van der Waals surface area contributed by atoms with Crippen LogP contribution in [0, 0.1) is 0 Å². The van der Waals surface area contributed by atoms with Gasteiger partial charge in [-0.05, 0) is 13.8 Å². The smallest absolute Gasteiger partial charge is 0.218 e. The molecule has 0 aliphatic carbocycles. The van der Waals surface area contributed by atoms with Gasteiger partial charge in [0.05, 0.1) is 7.11 Å². The van der Waals surface area contributed by atoms with Crippen molar-refractivity contribution in [3.05, 3.63) is 0 Å². The zero-order valence-electron chi connectivity index (χ0n) is 10.5. The molecule has 0 fully saturated rings. The molecule has 0 saturated heterocycles. The lowest BCUT2D eigenvalue weighted by Crippen LogP contribution is -2.17. The van der Waals surface area contributed by atoms with Crippen molar-refractivity contribution in [1.29, 1.82) is 0 Å². The van der Waals surface area contributed by atoms with Gasteiger partial charge in [-0.25, -0.2) is 4.21 Å². The van der Waals surface area contributed by atoms with Crippen LogP contribution >= 0.6 is 0 Å². The zero-order valence-corrected chi connectivity index (χ0v) is 11.3. The SMILES string of the molecule is CC(=O)N(C)C.CC(C)=O.COS(C)=O. The molecular weight excluding hydrogens is 218 g/mol. The Morgan fingerprint density at radius 3 is 1.27 bits per heavy atom. The Balaban J connectivity index is -0.000000147. The number of Topliss-reactive ketones (excluding diaryl/α,β-unsaturated/α-hetero) is 1. The van der Waals surface area contributed by atoms with E-state index in [0.29, 0.717) is 0 Å². The number of rotatable bonds is 1. The van der Waals surface area contributed by atoms with E-state index in [9.17, 15) is 13.8 Å². The molecule has 0 spiro atoms. The molecule has 0 saturated carbocycles. The topological polar surface area (TPSA) is 63.7 Å². The van der Waals surface area contributed by atoms with Crippen LogP contribution < -0.4 is 0 Å². The lowest BCUT2D eigenvalue weighted by Gasteiger charge is -2.02. The van der Waals surface area contributed by atoms with Crippen LogP contribution in [0.3, 0.4) is 0 Å². The first-order valence-electron chi connectivity index (χ1n) is 4.18. The first-order chi connectivity index (χ1) is 6.64. The Hall–Kier alpha value is -0.750. The van der Waals surface area contributed by atoms with Gasteiger partial charge in [0.15, 0.2) is 11.1 Å². The van der Waals surface area contributed by atoms with Gasteiger partial charge in [-0.2, -0.15) is 0 Å². The Bertz CT molecular complexity index is 200. The third-order valence-electron chi connectivity index (χ3n) is 0.864. The molecule has 0 aliphatic heterocycles. The summed E-state index contributed by atoms with van der Waals surface area (Å²) < 4.78 is 13.9. The van der Waals surface area contributed by atoms with Crippen LogP contribution in [0.15, 0.2) is 0 Å². The van der Waals surface area contributed by atoms with Gasteiger partial charge in [0.2, 0.25) is 5.91 Å². The lowest BCUT2D eigenvalue weighted by molar-refractivity contribution is -0.126. The summed E-state index contributed by atoms with van der Waals surface area (Å²) in [6.07, 6.45) is 1.47. The second-order valence-corrected chi connectivity index (χ2v) is 4.03. The standard InChI is InChI=1S/C4H9NO.C3H6O.C2H6O2S/c1-4(6)5(2)3;1-3(2)4;1-4-5(2)3/h1-3H3;1-2H3;1-2H3. The van der Waals surface area contributed by atoms with Crippen LogP contribution in [-0.2, 0) is 24.9 Å². The maximum Gasteiger partial charge on any atom is 0.218 e. The van der Waals surface area contributed by atoms with E-state index in [0.717, 1.165) is 0 Å². The highest BCUT2D eigenvalue weighted by atomic mass is 32.2. The monoisotopic (exact) mass is 239 g/mol. The minimum absolute atomic E-state index is 0.0926. The molecule has 0 aliphatic rings. The minimum atomic E-state index is -1.07. The van der Waals surface area contributed by atoms with Crippen LogP contribution in [0.25, 0.3) is 0 Å². The molecule has 0 rings (SSSR count). The summed E-state index contributed by atoms with van der Waals surface area (Å²) >= 11 is -1.07. The molecule has 1 amide bonds. The molecule has 0 radical (unpaired) electrons. The molecule has 5 nitrogen and oxygen atoms in total. The van der Waals surface area contributed by atoms with Crippen LogP contribution in [0.5, 0.6) is 0 Å². The van der Waals surface area contributed by atoms with E-state index in [1.807, 2.05) is 0 Å². The van der Waals surface area contributed by atoms with Crippen molar-refractivity contribution < 1.29 is 18.0 Å². The molecule has 15 heavy (non-hydrogen) atoms. The van der Waals surface area contributed by atoms with Crippen LogP contribution in [0.2, 0.25) is 0 Å². The first kappa shape index (κ1) is 19.8. The summed E-state index contributed by atoms with van der Waals surface area (Å²) in [4.78, 5) is 21.0. The van der Waals surface area contributed by atoms with Crippen molar-refractivity contribution in [2.45, 2.75) is 20.8 Å².